The number of amidine groups is 1. The lowest BCUT2D eigenvalue weighted by Gasteiger charge is -2.39. The molecule has 5 rings (SSSR count). The maximum absolute atomic E-state index is 14.3. The Bertz CT molecular complexity index is 1740. The largest absolute Gasteiger partial charge is 0.497 e. The van der Waals surface area contributed by atoms with Crippen LogP contribution < -0.4 is 9.64 Å². The number of esters is 3. The first kappa shape index (κ1) is 29.5. The molecule has 0 amide bonds. The van der Waals surface area contributed by atoms with E-state index in [2.05, 4.69) is 4.99 Å². The number of rotatable bonds is 7. The lowest BCUT2D eigenvalue weighted by molar-refractivity contribution is -0.384. The van der Waals surface area contributed by atoms with Crippen LogP contribution in [0.1, 0.15) is 12.0 Å². The van der Waals surface area contributed by atoms with Gasteiger partial charge in [-0.2, -0.15) is 0 Å². The summed E-state index contributed by atoms with van der Waals surface area (Å²) in [4.78, 5) is 56.0. The predicted octanol–water partition coefficient (Wildman–Crippen LogP) is 1.31. The second-order valence-electron chi connectivity index (χ2n) is 9.84. The number of nitro benzene ring substituents is 1. The highest BCUT2D eigenvalue weighted by atomic mass is 32.2. The minimum Gasteiger partial charge on any atom is -0.497 e. The third-order valence-corrected chi connectivity index (χ3v) is 9.75. The SMILES string of the molecule is COC(=O)C1=C(C(=O)OC)C2N(C)c3ccc(OC)cc3[C@@]23CC(C(=O)OC)N(S(=O)(=O)c2ccc([N+](=O)[O-])cc2)C3=N1. The topological polar surface area (TPSA) is 184 Å². The number of carbonyl (C=O) groups is 3. The van der Waals surface area contributed by atoms with Crippen molar-refractivity contribution in [3.05, 3.63) is 69.4 Å². The molecule has 0 saturated carbocycles. The lowest BCUT2D eigenvalue weighted by atomic mass is 9.69. The molecule has 0 aliphatic carbocycles. The number of likely N-dealkylation sites (N-methyl/N-ethyl adjacent to an activating group) is 1. The number of hydrogen-bond donors (Lipinski definition) is 0. The molecule has 0 aromatic heterocycles. The number of methoxy groups -OCH3 is 4. The number of nitro groups is 1. The van der Waals surface area contributed by atoms with Crippen molar-refractivity contribution in [1.82, 2.24) is 4.31 Å². The molecule has 43 heavy (non-hydrogen) atoms. The summed E-state index contributed by atoms with van der Waals surface area (Å²) in [7, 11) is 1.68. The van der Waals surface area contributed by atoms with Gasteiger partial charge in [0.25, 0.3) is 15.7 Å². The molecular formula is C27H26N4O11S. The van der Waals surface area contributed by atoms with Crippen molar-refractivity contribution in [2.75, 3.05) is 40.4 Å². The van der Waals surface area contributed by atoms with E-state index in [1.165, 1.54) is 7.11 Å². The third kappa shape index (κ3) is 4.11. The molecular weight excluding hydrogens is 588 g/mol. The number of sulfonamides is 1. The lowest BCUT2D eigenvalue weighted by Crippen LogP contribution is -2.55. The monoisotopic (exact) mass is 614 g/mol. The van der Waals surface area contributed by atoms with Crippen molar-refractivity contribution < 1.29 is 46.7 Å². The van der Waals surface area contributed by atoms with E-state index in [1.54, 1.807) is 30.1 Å². The summed E-state index contributed by atoms with van der Waals surface area (Å²) >= 11 is 0. The number of aliphatic imine (C=N–C) groups is 1. The van der Waals surface area contributed by atoms with Crippen LogP contribution in [0.3, 0.4) is 0 Å². The van der Waals surface area contributed by atoms with Crippen LogP contribution >= 0.6 is 0 Å². The molecule has 226 valence electrons. The van der Waals surface area contributed by atoms with Crippen LogP contribution in [0.2, 0.25) is 0 Å². The van der Waals surface area contributed by atoms with Crippen LogP contribution in [-0.4, -0.2) is 89.0 Å². The zero-order chi connectivity index (χ0) is 31.4. The summed E-state index contributed by atoms with van der Waals surface area (Å²) in [6, 6.07) is 6.49. The standard InChI is InChI=1S/C27H26N4O11S/c1-29-18-11-8-15(39-2)12-17(18)27-13-19(23(32)40-3)30(43(37,38)16-9-6-14(7-10-16)31(35)36)26(27)28-21(25(34)42-5)20(22(27)29)24(33)41-4/h6-12,19,22H,13H2,1-5H3/t19?,22?,27-/m0/s1. The average molecular weight is 615 g/mol. The first-order valence-electron chi connectivity index (χ1n) is 12.7. The Balaban J connectivity index is 1.88. The summed E-state index contributed by atoms with van der Waals surface area (Å²) < 4.78 is 49.8. The Morgan fingerprint density at radius 2 is 1.65 bits per heavy atom. The first-order valence-corrected chi connectivity index (χ1v) is 14.1. The van der Waals surface area contributed by atoms with Gasteiger partial charge in [-0.25, -0.2) is 32.1 Å². The molecule has 3 aliphatic rings. The maximum atomic E-state index is 14.3. The van der Waals surface area contributed by atoms with Crippen LogP contribution in [0.4, 0.5) is 11.4 Å². The third-order valence-electron chi connectivity index (χ3n) is 7.93. The Labute approximate surface area is 245 Å². The Morgan fingerprint density at radius 3 is 2.21 bits per heavy atom. The van der Waals surface area contributed by atoms with Crippen molar-refractivity contribution >= 4 is 45.1 Å². The Kier molecular flexibility index (Phi) is 7.12. The highest BCUT2D eigenvalue weighted by Crippen LogP contribution is 2.58. The van der Waals surface area contributed by atoms with Gasteiger partial charge in [-0.3, -0.25) is 10.1 Å². The van der Waals surface area contributed by atoms with Gasteiger partial charge in [0.2, 0.25) is 0 Å². The summed E-state index contributed by atoms with van der Waals surface area (Å²) in [6.45, 7) is 0. The van der Waals surface area contributed by atoms with Crippen LogP contribution in [0.5, 0.6) is 5.75 Å². The molecule has 15 nitrogen and oxygen atoms in total. The molecule has 16 heteroatoms. The molecule has 1 spiro atoms. The van der Waals surface area contributed by atoms with Crippen LogP contribution in [0.15, 0.2) is 63.6 Å². The van der Waals surface area contributed by atoms with Crippen LogP contribution in [-0.2, 0) is 44.0 Å². The highest BCUT2D eigenvalue weighted by molar-refractivity contribution is 7.89. The number of carbonyl (C=O) groups excluding carboxylic acids is 3. The Hall–Kier alpha value is -4.99. The van der Waals surface area contributed by atoms with Crippen molar-refractivity contribution in [1.29, 1.82) is 0 Å². The molecule has 2 aromatic carbocycles. The van der Waals surface area contributed by atoms with E-state index in [0.29, 0.717) is 17.0 Å². The van der Waals surface area contributed by atoms with Crippen molar-refractivity contribution in [3.8, 4) is 5.75 Å². The summed E-state index contributed by atoms with van der Waals surface area (Å²) in [5.41, 5.74) is -1.57. The van der Waals surface area contributed by atoms with Gasteiger partial charge in [0.05, 0.1) is 55.3 Å². The van der Waals surface area contributed by atoms with E-state index in [-0.39, 0.29) is 28.4 Å². The van der Waals surface area contributed by atoms with E-state index < -0.39 is 56.1 Å². The number of benzene rings is 2. The quantitative estimate of drug-likeness (QED) is 0.189. The van der Waals surface area contributed by atoms with Gasteiger partial charge in [-0.05, 0) is 42.3 Å². The number of nitrogens with zero attached hydrogens (tertiary/aromatic N) is 4. The normalized spacial score (nSPS) is 22.2. The maximum Gasteiger partial charge on any atom is 0.357 e. The van der Waals surface area contributed by atoms with Crippen molar-refractivity contribution in [2.45, 2.75) is 28.8 Å². The molecule has 3 heterocycles. The molecule has 0 bridgehead atoms. The fourth-order valence-corrected chi connectivity index (χ4v) is 7.75. The second kappa shape index (κ2) is 10.4. The van der Waals surface area contributed by atoms with E-state index in [1.807, 2.05) is 0 Å². The minimum absolute atomic E-state index is 0.200. The van der Waals surface area contributed by atoms with Crippen molar-refractivity contribution in [2.24, 2.45) is 4.99 Å². The van der Waals surface area contributed by atoms with Crippen LogP contribution in [0, 0.1) is 10.1 Å². The van der Waals surface area contributed by atoms with Gasteiger partial charge in [0.1, 0.15) is 17.6 Å². The molecule has 3 aliphatic heterocycles. The summed E-state index contributed by atoms with van der Waals surface area (Å²) in [6.07, 6.45) is -0.255. The number of hydrogen-bond acceptors (Lipinski definition) is 13. The van der Waals surface area contributed by atoms with Gasteiger partial charge >= 0.3 is 17.9 Å². The van der Waals surface area contributed by atoms with E-state index in [4.69, 9.17) is 18.9 Å². The number of anilines is 1. The van der Waals surface area contributed by atoms with E-state index in [9.17, 15) is 32.9 Å². The number of fused-ring (bicyclic) bond motifs is 1. The van der Waals surface area contributed by atoms with Gasteiger partial charge in [-0.1, -0.05) is 0 Å². The molecule has 1 saturated heterocycles. The fourth-order valence-electron chi connectivity index (χ4n) is 6.12. The summed E-state index contributed by atoms with van der Waals surface area (Å²) in [5.74, 6) is -2.74. The minimum atomic E-state index is -4.70. The fraction of sp³-hybridized carbons (Fsp3) is 0.333. The van der Waals surface area contributed by atoms with Gasteiger partial charge in [0.15, 0.2) is 5.70 Å². The van der Waals surface area contributed by atoms with Gasteiger partial charge < -0.3 is 23.8 Å². The molecule has 2 unspecified atom stereocenters. The van der Waals surface area contributed by atoms with E-state index >= 15 is 0 Å². The Morgan fingerprint density at radius 1 is 1.00 bits per heavy atom. The molecule has 3 atom stereocenters. The smallest absolute Gasteiger partial charge is 0.357 e. The molecule has 2 aromatic rings. The molecule has 1 fully saturated rings. The predicted molar refractivity (Wildman–Crippen MR) is 148 cm³/mol. The molecule has 0 radical (unpaired) electrons. The van der Waals surface area contributed by atoms with Gasteiger partial charge in [-0.15, -0.1) is 0 Å². The van der Waals surface area contributed by atoms with E-state index in [0.717, 1.165) is 49.9 Å². The zero-order valence-corrected chi connectivity index (χ0v) is 24.4. The van der Waals surface area contributed by atoms with Crippen molar-refractivity contribution in [3.63, 3.8) is 0 Å². The zero-order valence-electron chi connectivity index (χ0n) is 23.6. The molecule has 0 N–H and O–H groups in total. The first-order chi connectivity index (χ1) is 20.4. The highest BCUT2D eigenvalue weighted by Gasteiger charge is 2.68. The second-order valence-corrected chi connectivity index (χ2v) is 11.7. The number of non-ortho nitro benzene ring substituents is 1. The average Bonchev–Trinajstić information content (AvgIpc) is 3.50. The summed E-state index contributed by atoms with van der Waals surface area (Å²) in [5, 5.41) is 11.2. The number of ether oxygens (including phenoxy) is 4. The van der Waals surface area contributed by atoms with Gasteiger partial charge in [0, 0.05) is 24.9 Å². The van der Waals surface area contributed by atoms with Crippen LogP contribution in [0.25, 0.3) is 0 Å².